The van der Waals surface area contributed by atoms with Crippen LogP contribution in [0.25, 0.3) is 11.0 Å². The first-order valence-electron chi connectivity index (χ1n) is 12.9. The molecule has 6 rings (SSSR count). The monoisotopic (exact) mass is 527 g/mol. The third kappa shape index (κ3) is 4.38. The molecule has 1 aromatic carbocycles. The van der Waals surface area contributed by atoms with Crippen LogP contribution in [0.1, 0.15) is 81.4 Å². The summed E-state index contributed by atoms with van der Waals surface area (Å²) in [7, 11) is 0. The van der Waals surface area contributed by atoms with Crippen LogP contribution in [0.3, 0.4) is 0 Å². The van der Waals surface area contributed by atoms with Crippen LogP contribution in [0.15, 0.2) is 30.5 Å². The smallest absolute Gasteiger partial charge is 0.303 e. The van der Waals surface area contributed by atoms with Gasteiger partial charge in [0, 0.05) is 30.8 Å². The molecule has 202 valence electrons. The van der Waals surface area contributed by atoms with Crippen molar-refractivity contribution in [1.82, 2.24) is 19.9 Å². The fourth-order valence-electron chi connectivity index (χ4n) is 5.87. The molecule has 2 saturated heterocycles. The third-order valence-electron chi connectivity index (χ3n) is 7.92. The second-order valence-corrected chi connectivity index (χ2v) is 11.1. The molecule has 2 aromatic heterocycles. The molecule has 3 atom stereocenters. The third-order valence-corrected chi connectivity index (χ3v) is 7.92. The number of halogens is 3. The molecule has 7 nitrogen and oxygen atoms in total. The summed E-state index contributed by atoms with van der Waals surface area (Å²) < 4.78 is 45.0. The highest BCUT2D eigenvalue weighted by Gasteiger charge is 2.49. The Kier molecular flexibility index (Phi) is 6.37. The predicted molar refractivity (Wildman–Crippen MR) is 137 cm³/mol. The zero-order chi connectivity index (χ0) is 27.6. The summed E-state index contributed by atoms with van der Waals surface area (Å²) in [6, 6.07) is 5.54. The standard InChI is InChI=1S/C28H32F3N5O2/c1-14(21-7-6-8-23(24(21)29)28(30,31)27(4,5)38)33-26-22-11-18(13-32-25(22)34-15(2)35-26)17-9-19-12-20(10-17)36(19)16(3)37/h6-8,11,13-14,17,19-20,38H,9-10,12H2,1-5H3,(H,32,33,34,35)/t14-,17?,19?,20?/m1/s1. The molecule has 3 aromatic rings. The summed E-state index contributed by atoms with van der Waals surface area (Å²) in [6.45, 7) is 6.90. The van der Waals surface area contributed by atoms with Gasteiger partial charge in [0.1, 0.15) is 23.1 Å². The molecule has 1 aliphatic carbocycles. The van der Waals surface area contributed by atoms with Crippen LogP contribution in [0, 0.1) is 12.7 Å². The number of aliphatic hydroxyl groups is 1. The second kappa shape index (κ2) is 9.18. The number of carbonyl (C=O) groups is 1. The number of carbonyl (C=O) groups excluding carboxylic acids is 1. The number of aromatic nitrogens is 3. The van der Waals surface area contributed by atoms with Crippen molar-refractivity contribution in [3.05, 3.63) is 58.8 Å². The number of pyridine rings is 1. The van der Waals surface area contributed by atoms with Gasteiger partial charge < -0.3 is 15.3 Å². The normalized spacial score (nSPS) is 22.2. The Labute approximate surface area is 219 Å². The van der Waals surface area contributed by atoms with Gasteiger partial charge in [0.2, 0.25) is 5.91 Å². The summed E-state index contributed by atoms with van der Waals surface area (Å²) in [5.41, 5.74) is -1.77. The van der Waals surface area contributed by atoms with E-state index in [0.717, 1.165) is 44.7 Å². The first kappa shape index (κ1) is 26.3. The van der Waals surface area contributed by atoms with E-state index in [9.17, 15) is 18.7 Å². The lowest BCUT2D eigenvalue weighted by Crippen LogP contribution is -2.61. The van der Waals surface area contributed by atoms with E-state index in [-0.39, 0.29) is 29.5 Å². The quantitative estimate of drug-likeness (QED) is 0.448. The van der Waals surface area contributed by atoms with Crippen molar-refractivity contribution < 1.29 is 23.1 Å². The first-order chi connectivity index (χ1) is 17.8. The number of nitrogens with zero attached hydrogens (tertiary/aromatic N) is 4. The molecule has 0 radical (unpaired) electrons. The average Bonchev–Trinajstić information content (AvgIpc) is 2.82. The number of hydrogen-bond acceptors (Lipinski definition) is 6. The minimum Gasteiger partial charge on any atom is -0.384 e. The lowest BCUT2D eigenvalue weighted by Gasteiger charge is -2.55. The van der Waals surface area contributed by atoms with Gasteiger partial charge in [0.15, 0.2) is 5.65 Å². The molecule has 3 fully saturated rings. The van der Waals surface area contributed by atoms with Crippen LogP contribution in [-0.2, 0) is 10.7 Å². The summed E-state index contributed by atoms with van der Waals surface area (Å²) in [6.07, 6.45) is 4.57. The van der Waals surface area contributed by atoms with E-state index in [1.165, 1.54) is 12.1 Å². The fourth-order valence-corrected chi connectivity index (χ4v) is 5.87. The van der Waals surface area contributed by atoms with Crippen molar-refractivity contribution in [1.29, 1.82) is 0 Å². The van der Waals surface area contributed by atoms with Gasteiger partial charge in [-0.1, -0.05) is 12.1 Å². The van der Waals surface area contributed by atoms with Crippen molar-refractivity contribution in [3.63, 3.8) is 0 Å². The highest BCUT2D eigenvalue weighted by molar-refractivity contribution is 5.87. The molecule has 1 amide bonds. The van der Waals surface area contributed by atoms with Crippen LogP contribution >= 0.6 is 0 Å². The van der Waals surface area contributed by atoms with Crippen LogP contribution in [0.4, 0.5) is 19.0 Å². The van der Waals surface area contributed by atoms with E-state index < -0.39 is 28.9 Å². The fraction of sp³-hybridized carbons (Fsp3) is 0.500. The molecular weight excluding hydrogens is 495 g/mol. The van der Waals surface area contributed by atoms with Crippen LogP contribution in [-0.4, -0.2) is 48.6 Å². The molecule has 1 saturated carbocycles. The number of fused-ring (bicyclic) bond motifs is 3. The Morgan fingerprint density at radius 3 is 2.50 bits per heavy atom. The minimum atomic E-state index is -3.79. The van der Waals surface area contributed by atoms with E-state index in [1.54, 1.807) is 20.8 Å². The Hall–Kier alpha value is -3.27. The molecule has 2 unspecified atom stereocenters. The Morgan fingerprint density at radius 2 is 1.87 bits per heavy atom. The maximum atomic E-state index is 15.4. The van der Waals surface area contributed by atoms with Gasteiger partial charge in [0.05, 0.1) is 17.0 Å². The van der Waals surface area contributed by atoms with E-state index >= 15 is 4.39 Å². The lowest BCUT2D eigenvalue weighted by atomic mass is 9.71. The van der Waals surface area contributed by atoms with Crippen LogP contribution in [0.2, 0.25) is 0 Å². The van der Waals surface area contributed by atoms with Crippen molar-refractivity contribution in [2.45, 2.75) is 89.4 Å². The van der Waals surface area contributed by atoms with Gasteiger partial charge in [-0.3, -0.25) is 4.79 Å². The number of benzene rings is 1. The lowest BCUT2D eigenvalue weighted by molar-refractivity contribution is -0.170. The SMILES string of the molecule is CC(=O)N1C2CC(c3cnc4nc(C)nc(N[C@H](C)c5cccc(C(F)(F)C(C)(C)O)c5F)c4c3)CC1C2. The van der Waals surface area contributed by atoms with Crippen molar-refractivity contribution >= 4 is 22.8 Å². The number of anilines is 1. The maximum absolute atomic E-state index is 15.4. The van der Waals surface area contributed by atoms with Gasteiger partial charge in [0.25, 0.3) is 0 Å². The molecule has 2 N–H and O–H groups in total. The maximum Gasteiger partial charge on any atom is 0.303 e. The van der Waals surface area contributed by atoms with Crippen LogP contribution in [0.5, 0.6) is 0 Å². The van der Waals surface area contributed by atoms with E-state index in [4.69, 9.17) is 0 Å². The van der Waals surface area contributed by atoms with Crippen molar-refractivity contribution in [2.75, 3.05) is 5.32 Å². The van der Waals surface area contributed by atoms with Crippen molar-refractivity contribution in [2.24, 2.45) is 0 Å². The van der Waals surface area contributed by atoms with E-state index in [1.807, 2.05) is 17.2 Å². The molecule has 0 spiro atoms. The summed E-state index contributed by atoms with van der Waals surface area (Å²) >= 11 is 0. The van der Waals surface area contributed by atoms with Crippen LogP contribution < -0.4 is 5.32 Å². The predicted octanol–water partition coefficient (Wildman–Crippen LogP) is 5.37. The Bertz CT molecular complexity index is 1400. The minimum absolute atomic E-state index is 0.0247. The molecule has 4 heterocycles. The van der Waals surface area contributed by atoms with Gasteiger partial charge in [-0.25, -0.2) is 19.3 Å². The number of aryl methyl sites for hydroxylation is 1. The second-order valence-electron chi connectivity index (χ2n) is 11.1. The van der Waals surface area contributed by atoms with Crippen molar-refractivity contribution in [3.8, 4) is 0 Å². The zero-order valence-corrected chi connectivity index (χ0v) is 22.1. The average molecular weight is 528 g/mol. The van der Waals surface area contributed by atoms with E-state index in [2.05, 4.69) is 20.3 Å². The number of nitrogens with one attached hydrogen (secondary N) is 1. The van der Waals surface area contributed by atoms with Gasteiger partial charge in [-0.05, 0) is 70.6 Å². The largest absolute Gasteiger partial charge is 0.384 e. The molecule has 38 heavy (non-hydrogen) atoms. The summed E-state index contributed by atoms with van der Waals surface area (Å²) in [5.74, 6) is -3.61. The molecule has 10 heteroatoms. The molecule has 2 aliphatic heterocycles. The first-order valence-corrected chi connectivity index (χ1v) is 12.9. The summed E-state index contributed by atoms with van der Waals surface area (Å²) in [4.78, 5) is 27.4. The van der Waals surface area contributed by atoms with Gasteiger partial charge in [-0.15, -0.1) is 0 Å². The number of alkyl halides is 2. The van der Waals surface area contributed by atoms with Gasteiger partial charge >= 0.3 is 5.92 Å². The Balaban J connectivity index is 1.46. The molecular formula is C28H32F3N5O2. The number of rotatable bonds is 6. The highest BCUT2D eigenvalue weighted by atomic mass is 19.3. The molecule has 3 aliphatic rings. The topological polar surface area (TPSA) is 91.2 Å². The zero-order valence-electron chi connectivity index (χ0n) is 22.1. The van der Waals surface area contributed by atoms with E-state index in [0.29, 0.717) is 22.7 Å². The molecule has 2 bridgehead atoms. The number of amides is 1. The number of piperidine rings is 1. The summed E-state index contributed by atoms with van der Waals surface area (Å²) in [5, 5.41) is 13.8. The Morgan fingerprint density at radius 1 is 1.18 bits per heavy atom. The highest BCUT2D eigenvalue weighted by Crippen LogP contribution is 2.46. The van der Waals surface area contributed by atoms with Gasteiger partial charge in [-0.2, -0.15) is 8.78 Å². The number of hydrogen-bond donors (Lipinski definition) is 2.